The molecule has 1 aromatic carbocycles. The smallest absolute Gasteiger partial charge is 0.236 e. The van der Waals surface area contributed by atoms with Crippen molar-refractivity contribution < 1.29 is 9.59 Å². The number of carbonyl (C=O) groups excluding carboxylic acids is 2. The van der Waals surface area contributed by atoms with Crippen molar-refractivity contribution >= 4 is 11.8 Å². The molecule has 2 amide bonds. The van der Waals surface area contributed by atoms with E-state index in [-0.39, 0.29) is 30.9 Å². The highest BCUT2D eigenvalue weighted by Crippen LogP contribution is 2.10. The highest BCUT2D eigenvalue weighted by atomic mass is 16.2. The topological polar surface area (TPSA) is 52.7 Å². The first-order valence-corrected chi connectivity index (χ1v) is 7.78. The molecule has 0 unspecified atom stereocenters. The Kier molecular flexibility index (Phi) is 7.60. The van der Waals surface area contributed by atoms with Crippen LogP contribution in [0.25, 0.3) is 0 Å². The maximum atomic E-state index is 12.0. The first-order chi connectivity index (χ1) is 10.5. The summed E-state index contributed by atoms with van der Waals surface area (Å²) in [6, 6.07) is 9.78. The Balaban J connectivity index is 2.43. The predicted molar refractivity (Wildman–Crippen MR) is 88.4 cm³/mol. The van der Waals surface area contributed by atoms with Crippen LogP contribution in [0.4, 0.5) is 0 Å². The summed E-state index contributed by atoms with van der Waals surface area (Å²) in [5, 5.41) is 2.95. The molecule has 0 aliphatic rings. The van der Waals surface area contributed by atoms with Gasteiger partial charge in [-0.3, -0.25) is 14.5 Å². The van der Waals surface area contributed by atoms with Crippen molar-refractivity contribution in [3.8, 4) is 0 Å². The van der Waals surface area contributed by atoms with Gasteiger partial charge in [0.2, 0.25) is 11.8 Å². The van der Waals surface area contributed by atoms with Gasteiger partial charge < -0.3 is 10.2 Å². The van der Waals surface area contributed by atoms with Crippen LogP contribution in [0, 0.1) is 0 Å². The van der Waals surface area contributed by atoms with Gasteiger partial charge in [0.05, 0.1) is 19.1 Å². The van der Waals surface area contributed by atoms with Gasteiger partial charge in [-0.25, -0.2) is 0 Å². The largest absolute Gasteiger partial charge is 0.348 e. The van der Waals surface area contributed by atoms with Gasteiger partial charge in [0.25, 0.3) is 0 Å². The molecule has 0 aliphatic heterocycles. The summed E-state index contributed by atoms with van der Waals surface area (Å²) in [5.41, 5.74) is 1.07. The van der Waals surface area contributed by atoms with E-state index in [1.807, 2.05) is 51.1 Å². The lowest BCUT2D eigenvalue weighted by atomic mass is 10.1. The first kappa shape index (κ1) is 18.2. The van der Waals surface area contributed by atoms with Crippen molar-refractivity contribution in [1.29, 1.82) is 0 Å². The van der Waals surface area contributed by atoms with E-state index in [0.717, 1.165) is 5.56 Å². The molecule has 1 rings (SSSR count). The quantitative estimate of drug-likeness (QED) is 0.795. The maximum absolute atomic E-state index is 12.0. The van der Waals surface area contributed by atoms with Gasteiger partial charge in [0, 0.05) is 13.1 Å². The van der Waals surface area contributed by atoms with Crippen LogP contribution < -0.4 is 5.32 Å². The van der Waals surface area contributed by atoms with Crippen LogP contribution in [0.5, 0.6) is 0 Å². The minimum absolute atomic E-state index is 0.0411. The van der Waals surface area contributed by atoms with Gasteiger partial charge in [-0.1, -0.05) is 30.3 Å². The number of carbonyl (C=O) groups is 2. The van der Waals surface area contributed by atoms with E-state index < -0.39 is 0 Å². The number of likely N-dealkylation sites (N-methyl/N-ethyl adjacent to an activating group) is 2. The van der Waals surface area contributed by atoms with Crippen LogP contribution in [0.2, 0.25) is 0 Å². The van der Waals surface area contributed by atoms with Crippen molar-refractivity contribution in [2.45, 2.75) is 26.8 Å². The Hall–Kier alpha value is -1.88. The summed E-state index contributed by atoms with van der Waals surface area (Å²) in [7, 11) is 1.79. The molecular weight excluding hydrogens is 278 g/mol. The summed E-state index contributed by atoms with van der Waals surface area (Å²) in [4.78, 5) is 27.6. The Morgan fingerprint density at radius 3 is 2.23 bits per heavy atom. The molecule has 122 valence electrons. The number of nitrogens with zero attached hydrogens (tertiary/aromatic N) is 2. The van der Waals surface area contributed by atoms with Crippen LogP contribution in [0.1, 0.15) is 32.4 Å². The fourth-order valence-electron chi connectivity index (χ4n) is 2.32. The molecule has 5 heteroatoms. The standard InChI is InChI=1S/C17H27N3O2/c1-5-20(6-2)17(22)13-19(4)12-16(21)18-14(3)15-10-8-7-9-11-15/h7-11,14H,5-6,12-13H2,1-4H3,(H,18,21)/t14-/m0/s1. The summed E-state index contributed by atoms with van der Waals surface area (Å²) >= 11 is 0. The molecule has 0 aromatic heterocycles. The van der Waals surface area contributed by atoms with Crippen molar-refractivity contribution in [2.75, 3.05) is 33.2 Å². The predicted octanol–water partition coefficient (Wildman–Crippen LogP) is 1.66. The van der Waals surface area contributed by atoms with E-state index in [9.17, 15) is 9.59 Å². The monoisotopic (exact) mass is 305 g/mol. The molecular formula is C17H27N3O2. The SMILES string of the molecule is CCN(CC)C(=O)CN(C)CC(=O)N[C@@H](C)c1ccccc1. The second kappa shape index (κ2) is 9.20. The molecule has 0 saturated heterocycles. The molecule has 1 aromatic rings. The second-order valence-electron chi connectivity index (χ2n) is 5.44. The molecule has 1 atom stereocenters. The van der Waals surface area contributed by atoms with Gasteiger partial charge in [-0.2, -0.15) is 0 Å². The van der Waals surface area contributed by atoms with Crippen LogP contribution in [-0.4, -0.2) is 54.8 Å². The molecule has 22 heavy (non-hydrogen) atoms. The van der Waals surface area contributed by atoms with E-state index in [2.05, 4.69) is 5.32 Å². The van der Waals surface area contributed by atoms with Gasteiger partial charge in [0.1, 0.15) is 0 Å². The Bertz CT molecular complexity index is 472. The fraction of sp³-hybridized carbons (Fsp3) is 0.529. The highest BCUT2D eigenvalue weighted by molar-refractivity contribution is 5.81. The lowest BCUT2D eigenvalue weighted by Crippen LogP contribution is -2.43. The van der Waals surface area contributed by atoms with E-state index in [0.29, 0.717) is 13.1 Å². The first-order valence-electron chi connectivity index (χ1n) is 7.78. The van der Waals surface area contributed by atoms with Crippen LogP contribution in [0.3, 0.4) is 0 Å². The zero-order valence-corrected chi connectivity index (χ0v) is 14.0. The minimum atomic E-state index is -0.0776. The molecule has 0 saturated carbocycles. The Morgan fingerprint density at radius 1 is 1.09 bits per heavy atom. The molecule has 5 nitrogen and oxygen atoms in total. The number of rotatable bonds is 8. The number of hydrogen-bond acceptors (Lipinski definition) is 3. The highest BCUT2D eigenvalue weighted by Gasteiger charge is 2.16. The lowest BCUT2D eigenvalue weighted by Gasteiger charge is -2.23. The number of nitrogens with one attached hydrogen (secondary N) is 1. The molecule has 0 radical (unpaired) electrons. The fourth-order valence-corrected chi connectivity index (χ4v) is 2.32. The van der Waals surface area contributed by atoms with E-state index >= 15 is 0 Å². The van der Waals surface area contributed by atoms with Gasteiger partial charge in [0.15, 0.2) is 0 Å². The average molecular weight is 305 g/mol. The summed E-state index contributed by atoms with van der Waals surface area (Å²) in [5.74, 6) is -0.0254. The third-order valence-electron chi connectivity index (χ3n) is 3.61. The zero-order chi connectivity index (χ0) is 16.5. The summed E-state index contributed by atoms with van der Waals surface area (Å²) < 4.78 is 0. The molecule has 1 N–H and O–H groups in total. The van der Waals surface area contributed by atoms with E-state index in [1.165, 1.54) is 0 Å². The zero-order valence-electron chi connectivity index (χ0n) is 14.0. The Morgan fingerprint density at radius 2 is 1.68 bits per heavy atom. The van der Waals surface area contributed by atoms with E-state index in [1.54, 1.807) is 16.8 Å². The second-order valence-corrected chi connectivity index (χ2v) is 5.44. The Labute approximate surface area is 133 Å². The van der Waals surface area contributed by atoms with Crippen molar-refractivity contribution in [2.24, 2.45) is 0 Å². The van der Waals surface area contributed by atoms with Crippen LogP contribution in [-0.2, 0) is 9.59 Å². The number of amides is 2. The normalized spacial score (nSPS) is 12.0. The molecule has 0 spiro atoms. The van der Waals surface area contributed by atoms with Gasteiger partial charge in [-0.05, 0) is 33.4 Å². The van der Waals surface area contributed by atoms with Crippen LogP contribution >= 0.6 is 0 Å². The minimum Gasteiger partial charge on any atom is -0.348 e. The average Bonchev–Trinajstić information content (AvgIpc) is 2.48. The summed E-state index contributed by atoms with van der Waals surface area (Å²) in [6.45, 7) is 7.72. The molecule has 0 fully saturated rings. The van der Waals surface area contributed by atoms with Gasteiger partial charge in [-0.15, -0.1) is 0 Å². The third-order valence-corrected chi connectivity index (χ3v) is 3.61. The number of benzene rings is 1. The molecule has 0 bridgehead atoms. The summed E-state index contributed by atoms with van der Waals surface area (Å²) in [6.07, 6.45) is 0. The van der Waals surface area contributed by atoms with Crippen molar-refractivity contribution in [3.05, 3.63) is 35.9 Å². The number of hydrogen-bond donors (Lipinski definition) is 1. The van der Waals surface area contributed by atoms with E-state index in [4.69, 9.17) is 0 Å². The van der Waals surface area contributed by atoms with Crippen molar-refractivity contribution in [3.63, 3.8) is 0 Å². The van der Waals surface area contributed by atoms with Crippen LogP contribution in [0.15, 0.2) is 30.3 Å². The molecule has 0 aliphatic carbocycles. The lowest BCUT2D eigenvalue weighted by molar-refractivity contribution is -0.132. The third kappa shape index (κ3) is 5.85. The van der Waals surface area contributed by atoms with Gasteiger partial charge >= 0.3 is 0 Å². The van der Waals surface area contributed by atoms with Crippen molar-refractivity contribution in [1.82, 2.24) is 15.1 Å². The maximum Gasteiger partial charge on any atom is 0.236 e. The molecule has 0 heterocycles.